The van der Waals surface area contributed by atoms with Gasteiger partial charge in [0.05, 0.1) is 0 Å². The summed E-state index contributed by atoms with van der Waals surface area (Å²) in [6.45, 7) is 34.4. The molecule has 4 fully saturated rings. The van der Waals surface area contributed by atoms with E-state index < -0.39 is 23.1 Å². The molecule has 4 rings (SSSR count). The minimum absolute atomic E-state index is 0.0260. The zero-order valence-electron chi connectivity index (χ0n) is 23.4. The molecule has 4 aliphatic heterocycles. The van der Waals surface area contributed by atoms with Crippen molar-refractivity contribution in [2.24, 2.45) is 32.5 Å². The van der Waals surface area contributed by atoms with E-state index in [1.807, 2.05) is 27.7 Å². The summed E-state index contributed by atoms with van der Waals surface area (Å²) in [6.07, 6.45) is 0. The van der Waals surface area contributed by atoms with Gasteiger partial charge < -0.3 is 9.47 Å². The maximum Gasteiger partial charge on any atom is 0.207 e. The van der Waals surface area contributed by atoms with Crippen LogP contribution in [0.15, 0.2) is 0 Å². The Balaban J connectivity index is 0.000000181. The molecule has 4 heterocycles. The zero-order chi connectivity index (χ0) is 25.2. The van der Waals surface area contributed by atoms with Gasteiger partial charge in [-0.05, 0) is 38.5 Å². The van der Waals surface area contributed by atoms with Crippen LogP contribution in [0, 0.1) is 32.5 Å². The van der Waals surface area contributed by atoms with Gasteiger partial charge in [0.1, 0.15) is 0 Å². The molecule has 4 bridgehead atoms. The fraction of sp³-hybridized carbons (Fsp3) is 1.00. The van der Waals surface area contributed by atoms with E-state index in [1.165, 1.54) is 0 Å². The molecule has 6 nitrogen and oxygen atoms in total. The third-order valence-corrected chi connectivity index (χ3v) is 12.3. The van der Waals surface area contributed by atoms with Gasteiger partial charge >= 0.3 is 0 Å². The van der Waals surface area contributed by atoms with Crippen molar-refractivity contribution in [3.8, 4) is 0 Å². The van der Waals surface area contributed by atoms with Crippen LogP contribution in [0.2, 0.25) is 0 Å². The normalized spacial score (nSPS) is 48.0. The smallest absolute Gasteiger partial charge is 0.207 e. The van der Waals surface area contributed by atoms with Crippen LogP contribution in [0.4, 0.5) is 0 Å². The van der Waals surface area contributed by atoms with E-state index in [0.29, 0.717) is 0 Å². The Morgan fingerprint density at radius 3 is 0.562 bits per heavy atom. The van der Waals surface area contributed by atoms with Gasteiger partial charge in [-0.15, -0.1) is 0 Å². The molecule has 0 unspecified atom stereocenters. The van der Waals surface area contributed by atoms with Crippen molar-refractivity contribution in [2.75, 3.05) is 0 Å². The minimum Gasteiger partial charge on any atom is -0.312 e. The van der Waals surface area contributed by atoms with E-state index in [-0.39, 0.29) is 32.5 Å². The third-order valence-electron chi connectivity index (χ3n) is 12.3. The molecule has 0 radical (unpaired) electrons. The highest BCUT2D eigenvalue weighted by molar-refractivity contribution is 5.13. The SMILES string of the molecule is CC1(C)C(C)(C)[C@@]2(C)OO[C@](C)(O2)C1(C)C.CC1(C)C(C)(C)[C@@]2(C)OO[C@](C)(O2)C1(C)C. The molecule has 0 aromatic heterocycles. The van der Waals surface area contributed by atoms with Gasteiger partial charge in [-0.1, -0.05) is 83.1 Å². The summed E-state index contributed by atoms with van der Waals surface area (Å²) in [7, 11) is 0. The number of rotatable bonds is 0. The second-order valence-electron chi connectivity index (χ2n) is 14.1. The lowest BCUT2D eigenvalue weighted by atomic mass is 9.48. The number of hydrogen-bond donors (Lipinski definition) is 0. The van der Waals surface area contributed by atoms with Crippen molar-refractivity contribution in [3.05, 3.63) is 0 Å². The first-order valence-corrected chi connectivity index (χ1v) is 12.0. The second-order valence-corrected chi connectivity index (χ2v) is 14.1. The average molecular weight is 457 g/mol. The minimum atomic E-state index is -0.680. The summed E-state index contributed by atoms with van der Waals surface area (Å²) < 4.78 is 12.2. The summed E-state index contributed by atoms with van der Waals surface area (Å²) in [6, 6.07) is 0. The highest BCUT2D eigenvalue weighted by Gasteiger charge is 2.76. The molecular weight excluding hydrogens is 408 g/mol. The standard InChI is InChI=1S/2C13H24O3/c2*1-9(2)10(3,4)12(7)14-13(8,16-15-12)11(9,5)6/h2*1-8H3/t2*12-,13+. The van der Waals surface area contributed by atoms with Crippen LogP contribution < -0.4 is 0 Å². The molecule has 6 heteroatoms. The van der Waals surface area contributed by atoms with Gasteiger partial charge in [0, 0.05) is 21.7 Å². The van der Waals surface area contributed by atoms with E-state index in [4.69, 9.17) is 29.0 Å². The van der Waals surface area contributed by atoms with Crippen molar-refractivity contribution in [1.29, 1.82) is 0 Å². The van der Waals surface area contributed by atoms with Crippen molar-refractivity contribution >= 4 is 0 Å². The first-order valence-electron chi connectivity index (χ1n) is 12.0. The molecule has 0 aromatic carbocycles. The Bertz CT molecular complexity index is 670. The fourth-order valence-corrected chi connectivity index (χ4v) is 5.89. The quantitative estimate of drug-likeness (QED) is 0.367. The molecule has 0 aliphatic carbocycles. The maximum absolute atomic E-state index is 6.09. The van der Waals surface area contributed by atoms with Gasteiger partial charge in [-0.25, -0.2) is 0 Å². The fourth-order valence-electron chi connectivity index (χ4n) is 5.89. The van der Waals surface area contributed by atoms with Crippen LogP contribution in [-0.4, -0.2) is 23.1 Å². The Morgan fingerprint density at radius 1 is 0.250 bits per heavy atom. The van der Waals surface area contributed by atoms with Gasteiger partial charge in [0.2, 0.25) is 23.1 Å². The maximum atomic E-state index is 6.09. The first kappa shape index (κ1) is 26.4. The summed E-state index contributed by atoms with van der Waals surface area (Å²) >= 11 is 0. The van der Waals surface area contributed by atoms with E-state index >= 15 is 0 Å². The molecule has 4 atom stereocenters. The summed E-state index contributed by atoms with van der Waals surface area (Å²) in [5.41, 5.74) is -0.505. The summed E-state index contributed by atoms with van der Waals surface area (Å²) in [5, 5.41) is 0. The predicted octanol–water partition coefficient (Wildman–Crippen LogP) is 6.98. The predicted molar refractivity (Wildman–Crippen MR) is 123 cm³/mol. The van der Waals surface area contributed by atoms with Crippen LogP contribution in [0.5, 0.6) is 0 Å². The van der Waals surface area contributed by atoms with Crippen LogP contribution >= 0.6 is 0 Å². The zero-order valence-corrected chi connectivity index (χ0v) is 23.4. The lowest BCUT2D eigenvalue weighted by Crippen LogP contribution is -2.67. The van der Waals surface area contributed by atoms with Crippen LogP contribution in [-0.2, 0) is 29.0 Å². The molecule has 0 saturated carbocycles. The Hall–Kier alpha value is -0.240. The van der Waals surface area contributed by atoms with Crippen molar-refractivity contribution in [3.63, 3.8) is 0 Å². The Morgan fingerprint density at radius 2 is 0.406 bits per heavy atom. The molecule has 0 amide bonds. The highest BCUT2D eigenvalue weighted by Crippen LogP contribution is 2.70. The number of hydrogen-bond acceptors (Lipinski definition) is 6. The summed E-state index contributed by atoms with van der Waals surface area (Å²) in [4.78, 5) is 22.1. The van der Waals surface area contributed by atoms with E-state index in [0.717, 1.165) is 0 Å². The van der Waals surface area contributed by atoms with Crippen LogP contribution in [0.1, 0.15) is 111 Å². The van der Waals surface area contributed by atoms with Crippen molar-refractivity contribution < 1.29 is 29.0 Å². The van der Waals surface area contributed by atoms with Crippen molar-refractivity contribution in [2.45, 2.75) is 134 Å². The molecular formula is C26H48O6. The average Bonchev–Trinajstić information content (AvgIpc) is 3.12. The molecule has 0 N–H and O–H groups in total. The number of ether oxygens (including phenoxy) is 2. The lowest BCUT2D eigenvalue weighted by Gasteiger charge is -2.62. The molecule has 0 spiro atoms. The second kappa shape index (κ2) is 6.30. The van der Waals surface area contributed by atoms with E-state index in [9.17, 15) is 0 Å². The molecule has 4 aliphatic rings. The third kappa shape index (κ3) is 2.58. The molecule has 0 aromatic rings. The van der Waals surface area contributed by atoms with E-state index in [1.54, 1.807) is 0 Å². The molecule has 188 valence electrons. The topological polar surface area (TPSA) is 55.4 Å². The molecule has 32 heavy (non-hydrogen) atoms. The first-order chi connectivity index (χ1) is 13.8. The van der Waals surface area contributed by atoms with Gasteiger partial charge in [0.15, 0.2) is 0 Å². The van der Waals surface area contributed by atoms with Crippen molar-refractivity contribution in [1.82, 2.24) is 0 Å². The Kier molecular flexibility index (Phi) is 5.19. The van der Waals surface area contributed by atoms with Gasteiger partial charge in [0.25, 0.3) is 0 Å². The largest absolute Gasteiger partial charge is 0.312 e. The highest BCUT2D eigenvalue weighted by atomic mass is 17.3. The monoisotopic (exact) mass is 456 g/mol. The van der Waals surface area contributed by atoms with E-state index in [2.05, 4.69) is 83.1 Å². The van der Waals surface area contributed by atoms with Crippen LogP contribution in [0.25, 0.3) is 0 Å². The number of fused-ring (bicyclic) bond motifs is 4. The Labute approximate surface area is 195 Å². The lowest BCUT2D eigenvalue weighted by molar-refractivity contribution is -0.357. The van der Waals surface area contributed by atoms with Gasteiger partial charge in [-0.3, -0.25) is 0 Å². The van der Waals surface area contributed by atoms with Gasteiger partial charge in [-0.2, -0.15) is 19.6 Å². The molecule has 4 saturated heterocycles. The van der Waals surface area contributed by atoms with Crippen LogP contribution in [0.3, 0.4) is 0 Å². The summed E-state index contributed by atoms with van der Waals surface area (Å²) in [5.74, 6) is -2.72.